The van der Waals surface area contributed by atoms with Crippen LogP contribution in [0.4, 0.5) is 5.69 Å². The van der Waals surface area contributed by atoms with Crippen LogP contribution < -0.4 is 14.2 Å². The van der Waals surface area contributed by atoms with Gasteiger partial charge >= 0.3 is 0 Å². The van der Waals surface area contributed by atoms with Crippen LogP contribution in [0.2, 0.25) is 0 Å². The minimum Gasteiger partial charge on any atom is -0.488 e. The number of hydrogen-bond donors (Lipinski definition) is 0. The van der Waals surface area contributed by atoms with Gasteiger partial charge in [0.25, 0.3) is 0 Å². The van der Waals surface area contributed by atoms with Crippen molar-refractivity contribution < 1.29 is 19.0 Å². The molecule has 37 heavy (non-hydrogen) atoms. The number of fused-ring (bicyclic) bond motifs is 2. The molecular weight excluding hydrogens is 464 g/mol. The van der Waals surface area contributed by atoms with Gasteiger partial charge in [-0.15, -0.1) is 0 Å². The van der Waals surface area contributed by atoms with Gasteiger partial charge in [0.1, 0.15) is 25.6 Å². The molecule has 1 aliphatic heterocycles. The minimum absolute atomic E-state index is 0.258. The van der Waals surface area contributed by atoms with Gasteiger partial charge in [-0.1, -0.05) is 36.4 Å². The molecule has 0 saturated carbocycles. The Balaban J connectivity index is 1.35. The number of nitrogens with zero attached hydrogens (tertiary/aromatic N) is 2. The zero-order valence-corrected chi connectivity index (χ0v) is 19.9. The van der Waals surface area contributed by atoms with Crippen LogP contribution in [0.5, 0.6) is 17.2 Å². The summed E-state index contributed by atoms with van der Waals surface area (Å²) in [6.07, 6.45) is 2.81. The minimum atomic E-state index is 0.258. The number of aldehydes is 1. The average Bonchev–Trinajstić information content (AvgIpc) is 3.40. The monoisotopic (exact) mass is 486 g/mol. The van der Waals surface area contributed by atoms with Crippen molar-refractivity contribution in [3.05, 3.63) is 114 Å². The van der Waals surface area contributed by atoms with Gasteiger partial charge in [-0.2, -0.15) is 0 Å². The lowest BCUT2D eigenvalue weighted by molar-refractivity contribution is 0.111. The van der Waals surface area contributed by atoms with E-state index < -0.39 is 0 Å². The van der Waals surface area contributed by atoms with Gasteiger partial charge in [0.05, 0.1) is 17.7 Å². The Morgan fingerprint density at radius 1 is 0.919 bits per heavy atom. The summed E-state index contributed by atoms with van der Waals surface area (Å²) in [6.45, 7) is 8.57. The lowest BCUT2D eigenvalue weighted by Crippen LogP contribution is -2.15. The lowest BCUT2D eigenvalue weighted by atomic mass is 10.0. The molecule has 0 fully saturated rings. The standard InChI is InChI=1S/C31H22N2O4/c1-32-24-5-2-4-21(16-24)20-37-30-18-25(10-8-23(30)19-34)33-13-12-27-26(6-3-7-28(27)33)22-9-11-29-31(17-22)36-15-14-35-29/h2-13,16-19H,14-15,20H2. The summed E-state index contributed by atoms with van der Waals surface area (Å²) in [5.41, 5.74) is 5.94. The summed E-state index contributed by atoms with van der Waals surface area (Å²) in [6, 6.07) is 27.1. The van der Waals surface area contributed by atoms with Gasteiger partial charge in [0, 0.05) is 23.3 Å². The van der Waals surface area contributed by atoms with Crippen LogP contribution in [0.1, 0.15) is 15.9 Å². The number of benzene rings is 4. The third-order valence-electron chi connectivity index (χ3n) is 6.42. The first-order valence-electron chi connectivity index (χ1n) is 11.9. The molecule has 6 nitrogen and oxygen atoms in total. The van der Waals surface area contributed by atoms with Crippen molar-refractivity contribution in [3.8, 4) is 34.1 Å². The van der Waals surface area contributed by atoms with E-state index >= 15 is 0 Å². The molecule has 6 heteroatoms. The maximum absolute atomic E-state index is 11.7. The van der Waals surface area contributed by atoms with Crippen LogP contribution in [0, 0.1) is 6.57 Å². The summed E-state index contributed by atoms with van der Waals surface area (Å²) < 4.78 is 19.6. The van der Waals surface area contributed by atoms with Crippen LogP contribution >= 0.6 is 0 Å². The molecule has 0 unspecified atom stereocenters. The first-order valence-corrected chi connectivity index (χ1v) is 11.9. The zero-order valence-electron chi connectivity index (χ0n) is 19.9. The molecule has 6 rings (SSSR count). The summed E-state index contributed by atoms with van der Waals surface area (Å²) in [5, 5.41) is 1.09. The van der Waals surface area contributed by atoms with Crippen molar-refractivity contribution in [1.29, 1.82) is 0 Å². The highest BCUT2D eigenvalue weighted by Gasteiger charge is 2.15. The highest BCUT2D eigenvalue weighted by molar-refractivity contribution is 5.96. The number of carbonyl (C=O) groups is 1. The smallest absolute Gasteiger partial charge is 0.187 e. The molecule has 0 N–H and O–H groups in total. The maximum atomic E-state index is 11.7. The van der Waals surface area contributed by atoms with E-state index in [-0.39, 0.29) is 6.61 Å². The number of rotatable bonds is 6. The second-order valence-electron chi connectivity index (χ2n) is 8.69. The normalized spacial score (nSPS) is 12.2. The molecule has 0 bridgehead atoms. The van der Waals surface area contributed by atoms with Crippen molar-refractivity contribution >= 4 is 22.9 Å². The molecule has 0 aliphatic carbocycles. The second kappa shape index (κ2) is 9.56. The summed E-state index contributed by atoms with van der Waals surface area (Å²) in [5.74, 6) is 2.02. The molecule has 0 spiro atoms. The van der Waals surface area contributed by atoms with Crippen LogP contribution in [-0.4, -0.2) is 24.1 Å². The third-order valence-corrected chi connectivity index (χ3v) is 6.42. The van der Waals surface area contributed by atoms with Crippen LogP contribution in [0.3, 0.4) is 0 Å². The van der Waals surface area contributed by atoms with E-state index in [9.17, 15) is 4.79 Å². The van der Waals surface area contributed by atoms with E-state index in [2.05, 4.69) is 27.6 Å². The van der Waals surface area contributed by atoms with Gasteiger partial charge < -0.3 is 18.8 Å². The van der Waals surface area contributed by atoms with E-state index in [0.29, 0.717) is 30.2 Å². The molecule has 0 amide bonds. The lowest BCUT2D eigenvalue weighted by Gasteiger charge is -2.19. The SMILES string of the molecule is [C-]#[N+]c1cccc(COc2cc(-n3ccc4c(-c5ccc6c(c5)OCCO6)cccc43)ccc2C=O)c1. The molecule has 0 radical (unpaired) electrons. The fourth-order valence-electron chi connectivity index (χ4n) is 4.63. The Morgan fingerprint density at radius 2 is 1.78 bits per heavy atom. The molecule has 1 aliphatic rings. The van der Waals surface area contributed by atoms with E-state index in [0.717, 1.165) is 51.1 Å². The van der Waals surface area contributed by atoms with E-state index in [4.69, 9.17) is 20.8 Å². The van der Waals surface area contributed by atoms with Crippen LogP contribution in [-0.2, 0) is 6.61 Å². The first-order chi connectivity index (χ1) is 18.2. The fraction of sp³-hybridized carbons (Fsp3) is 0.0968. The first kappa shape index (κ1) is 22.4. The van der Waals surface area contributed by atoms with Crippen molar-refractivity contribution in [2.24, 2.45) is 0 Å². The summed E-state index contributed by atoms with van der Waals surface area (Å²) in [7, 11) is 0. The van der Waals surface area contributed by atoms with Gasteiger partial charge in [-0.3, -0.25) is 4.79 Å². The van der Waals surface area contributed by atoms with Crippen LogP contribution in [0.25, 0.3) is 32.6 Å². The molecule has 5 aromatic rings. The largest absolute Gasteiger partial charge is 0.488 e. The predicted octanol–water partition coefficient (Wildman–Crippen LogP) is 7.01. The van der Waals surface area contributed by atoms with E-state index in [1.54, 1.807) is 18.2 Å². The predicted molar refractivity (Wildman–Crippen MR) is 142 cm³/mol. The average molecular weight is 487 g/mol. The Hall–Kier alpha value is -5.02. The van der Waals surface area contributed by atoms with Gasteiger partial charge in [-0.05, 0) is 59.2 Å². The van der Waals surface area contributed by atoms with Crippen molar-refractivity contribution in [2.75, 3.05) is 13.2 Å². The molecule has 2 heterocycles. The van der Waals surface area contributed by atoms with Crippen molar-refractivity contribution in [3.63, 3.8) is 0 Å². The Labute approximate surface area is 214 Å². The van der Waals surface area contributed by atoms with E-state index in [1.165, 1.54) is 0 Å². The number of ether oxygens (including phenoxy) is 3. The molecule has 0 atom stereocenters. The highest BCUT2D eigenvalue weighted by atomic mass is 16.6. The third kappa shape index (κ3) is 4.28. The summed E-state index contributed by atoms with van der Waals surface area (Å²) >= 11 is 0. The number of aromatic nitrogens is 1. The number of carbonyl (C=O) groups excluding carboxylic acids is 1. The van der Waals surface area contributed by atoms with Crippen molar-refractivity contribution in [1.82, 2.24) is 4.57 Å². The second-order valence-corrected chi connectivity index (χ2v) is 8.69. The fourth-order valence-corrected chi connectivity index (χ4v) is 4.63. The zero-order chi connectivity index (χ0) is 25.2. The Morgan fingerprint density at radius 3 is 2.65 bits per heavy atom. The maximum Gasteiger partial charge on any atom is 0.187 e. The van der Waals surface area contributed by atoms with E-state index in [1.807, 2.05) is 54.7 Å². The Kier molecular flexibility index (Phi) is 5.80. The molecule has 4 aromatic carbocycles. The molecule has 0 saturated heterocycles. The topological polar surface area (TPSA) is 54.1 Å². The van der Waals surface area contributed by atoms with Crippen molar-refractivity contribution in [2.45, 2.75) is 6.61 Å². The van der Waals surface area contributed by atoms with Gasteiger partial charge in [0.2, 0.25) is 0 Å². The summed E-state index contributed by atoms with van der Waals surface area (Å²) in [4.78, 5) is 15.2. The Bertz CT molecular complexity index is 1680. The van der Waals surface area contributed by atoms with Gasteiger partial charge in [-0.25, -0.2) is 4.85 Å². The quantitative estimate of drug-likeness (QED) is 0.191. The number of hydrogen-bond acceptors (Lipinski definition) is 4. The van der Waals surface area contributed by atoms with Gasteiger partial charge in [0.15, 0.2) is 23.5 Å². The van der Waals surface area contributed by atoms with Crippen LogP contribution in [0.15, 0.2) is 91.1 Å². The molecule has 1 aromatic heterocycles. The highest BCUT2D eigenvalue weighted by Crippen LogP contribution is 2.38. The molecular formula is C31H22N2O4. The molecule has 180 valence electrons.